The third kappa shape index (κ3) is 4.16. The molecule has 0 aliphatic heterocycles. The summed E-state index contributed by atoms with van der Waals surface area (Å²) in [6, 6.07) is 23.8. The molecule has 162 valence electrons. The number of hydrogen-bond donors (Lipinski definition) is 3. The molecule has 2 heterocycles. The first kappa shape index (κ1) is 20.5. The minimum absolute atomic E-state index is 0.205. The zero-order valence-electron chi connectivity index (χ0n) is 18.2. The Balaban J connectivity index is 1.37. The highest BCUT2D eigenvalue weighted by molar-refractivity contribution is 6.13. The van der Waals surface area contributed by atoms with Crippen molar-refractivity contribution >= 4 is 22.4 Å². The third-order valence-electron chi connectivity index (χ3n) is 6.67. The number of aromatic nitrogens is 2. The van der Waals surface area contributed by atoms with Crippen molar-refractivity contribution in [3.8, 4) is 0 Å². The van der Waals surface area contributed by atoms with E-state index in [-0.39, 0.29) is 5.92 Å². The number of hydrogen-bond acceptors (Lipinski definition) is 4. The summed E-state index contributed by atoms with van der Waals surface area (Å²) in [6.07, 6.45) is 6.62. The van der Waals surface area contributed by atoms with Crippen LogP contribution in [-0.4, -0.2) is 26.6 Å². The number of nitrogen functional groups attached to an aromatic ring is 1. The molecule has 4 aromatic rings. The number of pyridine rings is 1. The van der Waals surface area contributed by atoms with Crippen molar-refractivity contribution in [1.29, 1.82) is 5.41 Å². The van der Waals surface area contributed by atoms with Gasteiger partial charge in [-0.1, -0.05) is 60.7 Å². The maximum Gasteiger partial charge on any atom is 0.138 e. The van der Waals surface area contributed by atoms with E-state index in [1.807, 2.05) is 12.3 Å². The Bertz CT molecular complexity index is 1160. The molecule has 1 aliphatic rings. The van der Waals surface area contributed by atoms with Gasteiger partial charge in [0.1, 0.15) is 5.65 Å². The number of nitrogens with two attached hydrogens (primary N) is 1. The molecule has 1 saturated carbocycles. The summed E-state index contributed by atoms with van der Waals surface area (Å²) < 4.78 is 0. The van der Waals surface area contributed by atoms with Gasteiger partial charge >= 0.3 is 0 Å². The van der Waals surface area contributed by atoms with Crippen molar-refractivity contribution in [1.82, 2.24) is 14.9 Å². The molecule has 1 fully saturated rings. The van der Waals surface area contributed by atoms with E-state index in [1.165, 1.54) is 11.1 Å². The first-order valence-corrected chi connectivity index (χ1v) is 11.3. The molecule has 1 aliphatic carbocycles. The fourth-order valence-electron chi connectivity index (χ4n) is 5.03. The summed E-state index contributed by atoms with van der Waals surface area (Å²) >= 11 is 0. The number of nitrogens with zero attached hydrogens (tertiary/aromatic N) is 2. The number of nitrogens with one attached hydrogen (secondary N) is 2. The zero-order chi connectivity index (χ0) is 21.9. The summed E-state index contributed by atoms with van der Waals surface area (Å²) in [4.78, 5) is 10.1. The summed E-state index contributed by atoms with van der Waals surface area (Å²) in [5, 5.41) is 9.97. The SMILES string of the molecule is N=C(c1c(N)cnc2[nH]ccc12)C1CC[C@@H](N(Cc2ccccc2)Cc2ccccc2)C1. The van der Waals surface area contributed by atoms with Crippen LogP contribution in [0.5, 0.6) is 0 Å². The highest BCUT2D eigenvalue weighted by Crippen LogP contribution is 2.36. The van der Waals surface area contributed by atoms with Crippen LogP contribution in [0.15, 0.2) is 79.1 Å². The van der Waals surface area contributed by atoms with E-state index in [4.69, 9.17) is 11.1 Å². The fraction of sp³-hybridized carbons (Fsp3) is 0.259. The van der Waals surface area contributed by atoms with Crippen molar-refractivity contribution in [2.75, 3.05) is 5.73 Å². The second kappa shape index (κ2) is 8.97. The number of fused-ring (bicyclic) bond motifs is 1. The predicted molar refractivity (Wildman–Crippen MR) is 131 cm³/mol. The molecule has 2 aromatic carbocycles. The molecular weight excluding hydrogens is 394 g/mol. The molecule has 0 radical (unpaired) electrons. The van der Waals surface area contributed by atoms with Crippen molar-refractivity contribution < 1.29 is 0 Å². The van der Waals surface area contributed by atoms with Crippen LogP contribution in [0.3, 0.4) is 0 Å². The molecule has 1 unspecified atom stereocenters. The fourth-order valence-corrected chi connectivity index (χ4v) is 5.03. The lowest BCUT2D eigenvalue weighted by Crippen LogP contribution is -2.33. The lowest BCUT2D eigenvalue weighted by molar-refractivity contribution is 0.179. The van der Waals surface area contributed by atoms with Crippen LogP contribution in [0.1, 0.15) is 36.0 Å². The van der Waals surface area contributed by atoms with Crippen LogP contribution in [0.25, 0.3) is 11.0 Å². The molecule has 0 spiro atoms. The summed E-state index contributed by atoms with van der Waals surface area (Å²) in [6.45, 7) is 1.83. The Morgan fingerprint density at radius 2 is 1.62 bits per heavy atom. The number of rotatable bonds is 7. The Hall–Kier alpha value is -3.44. The normalized spacial score (nSPS) is 18.4. The van der Waals surface area contributed by atoms with Gasteiger partial charge in [0.15, 0.2) is 0 Å². The van der Waals surface area contributed by atoms with Crippen LogP contribution in [-0.2, 0) is 13.1 Å². The molecule has 2 atom stereocenters. The maximum atomic E-state index is 9.02. The second-order valence-electron chi connectivity index (χ2n) is 8.78. The lowest BCUT2D eigenvalue weighted by atomic mass is 9.93. The smallest absolute Gasteiger partial charge is 0.138 e. The predicted octanol–water partition coefficient (Wildman–Crippen LogP) is 5.38. The number of anilines is 1. The first-order valence-electron chi connectivity index (χ1n) is 11.3. The minimum Gasteiger partial charge on any atom is -0.397 e. The van der Waals surface area contributed by atoms with E-state index < -0.39 is 0 Å². The summed E-state index contributed by atoms with van der Waals surface area (Å²) in [5.74, 6) is 0.205. The summed E-state index contributed by atoms with van der Waals surface area (Å²) in [7, 11) is 0. The van der Waals surface area contributed by atoms with E-state index in [1.54, 1.807) is 6.20 Å². The van der Waals surface area contributed by atoms with Gasteiger partial charge in [0.05, 0.1) is 11.9 Å². The average Bonchev–Trinajstić information content (AvgIpc) is 3.50. The van der Waals surface area contributed by atoms with Crippen LogP contribution >= 0.6 is 0 Å². The average molecular weight is 424 g/mol. The highest BCUT2D eigenvalue weighted by Gasteiger charge is 2.33. The van der Waals surface area contributed by atoms with E-state index in [2.05, 4.69) is 75.5 Å². The highest BCUT2D eigenvalue weighted by atomic mass is 15.2. The van der Waals surface area contributed by atoms with Crippen LogP contribution in [0.4, 0.5) is 5.69 Å². The van der Waals surface area contributed by atoms with E-state index >= 15 is 0 Å². The Morgan fingerprint density at radius 3 is 2.28 bits per heavy atom. The van der Waals surface area contributed by atoms with E-state index in [0.717, 1.165) is 48.9 Å². The Morgan fingerprint density at radius 1 is 0.969 bits per heavy atom. The van der Waals surface area contributed by atoms with Gasteiger partial charge in [0.25, 0.3) is 0 Å². The molecule has 4 N–H and O–H groups in total. The molecule has 32 heavy (non-hydrogen) atoms. The molecular formula is C27H29N5. The van der Waals surface area contributed by atoms with E-state index in [0.29, 0.717) is 17.4 Å². The number of aromatic amines is 1. The molecule has 5 rings (SSSR count). The number of benzene rings is 2. The number of H-pyrrole nitrogens is 1. The summed E-state index contributed by atoms with van der Waals surface area (Å²) in [5.41, 5.74) is 11.8. The van der Waals surface area contributed by atoms with Crippen LogP contribution in [0.2, 0.25) is 0 Å². The topological polar surface area (TPSA) is 81.8 Å². The quantitative estimate of drug-likeness (QED) is 0.349. The van der Waals surface area contributed by atoms with Gasteiger partial charge in [-0.2, -0.15) is 0 Å². The Labute approximate surface area is 188 Å². The van der Waals surface area contributed by atoms with Crippen LogP contribution < -0.4 is 5.73 Å². The molecule has 0 saturated heterocycles. The van der Waals surface area contributed by atoms with Crippen molar-refractivity contribution in [2.24, 2.45) is 5.92 Å². The lowest BCUT2D eigenvalue weighted by Gasteiger charge is -2.29. The third-order valence-corrected chi connectivity index (χ3v) is 6.67. The second-order valence-corrected chi connectivity index (χ2v) is 8.78. The zero-order valence-corrected chi connectivity index (χ0v) is 18.2. The molecule has 5 heteroatoms. The van der Waals surface area contributed by atoms with Gasteiger partial charge in [-0.05, 0) is 36.5 Å². The van der Waals surface area contributed by atoms with Gasteiger partial charge in [-0.3, -0.25) is 4.90 Å². The Kier molecular flexibility index (Phi) is 5.73. The molecule has 0 amide bonds. The van der Waals surface area contributed by atoms with Crippen molar-refractivity contribution in [3.63, 3.8) is 0 Å². The largest absolute Gasteiger partial charge is 0.397 e. The van der Waals surface area contributed by atoms with Gasteiger partial charge in [-0.15, -0.1) is 0 Å². The monoisotopic (exact) mass is 423 g/mol. The first-order chi connectivity index (χ1) is 15.7. The van der Waals surface area contributed by atoms with Gasteiger partial charge in [-0.25, -0.2) is 4.98 Å². The molecule has 0 bridgehead atoms. The van der Waals surface area contributed by atoms with Crippen molar-refractivity contribution in [2.45, 2.75) is 38.4 Å². The van der Waals surface area contributed by atoms with E-state index in [9.17, 15) is 0 Å². The molecule has 2 aromatic heterocycles. The minimum atomic E-state index is 0.205. The van der Waals surface area contributed by atoms with Crippen molar-refractivity contribution in [3.05, 3.63) is 95.8 Å². The molecule has 5 nitrogen and oxygen atoms in total. The standard InChI is InChI=1S/C27H29N5/c28-24-16-31-27-23(13-14-30-27)25(24)26(29)21-11-12-22(15-21)32(17-19-7-3-1-4-8-19)18-20-9-5-2-6-10-20/h1-10,13-14,16,21-22,29H,11-12,15,17-18,28H2,(H,30,31)/t21?,22-/m1/s1. The maximum absolute atomic E-state index is 9.02. The van der Waals surface area contributed by atoms with Crippen LogP contribution in [0, 0.1) is 11.3 Å². The van der Waals surface area contributed by atoms with Gasteiger partial charge in [0, 0.05) is 47.9 Å². The van der Waals surface area contributed by atoms with Gasteiger partial charge < -0.3 is 16.1 Å². The van der Waals surface area contributed by atoms with Gasteiger partial charge in [0.2, 0.25) is 0 Å².